The summed E-state index contributed by atoms with van der Waals surface area (Å²) in [4.78, 5) is 26.9. The molecular formula is C17H21N3O3S. The number of aromatic nitrogens is 1. The van der Waals surface area contributed by atoms with Gasteiger partial charge in [0.25, 0.3) is 5.91 Å². The largest absolute Gasteiger partial charge is 0.481 e. The summed E-state index contributed by atoms with van der Waals surface area (Å²) in [5.74, 6) is -0.0557. The minimum atomic E-state index is -0.899. The molecule has 2 rings (SSSR count). The van der Waals surface area contributed by atoms with E-state index in [4.69, 9.17) is 10.5 Å². The number of nitrogens with zero attached hydrogens (tertiary/aromatic N) is 1. The number of hydrogen-bond acceptors (Lipinski definition) is 5. The zero-order valence-corrected chi connectivity index (χ0v) is 14.9. The number of imide groups is 1. The Labute approximate surface area is 145 Å². The van der Waals surface area contributed by atoms with E-state index in [1.54, 1.807) is 30.4 Å². The highest BCUT2D eigenvalue weighted by Gasteiger charge is 2.18. The Morgan fingerprint density at radius 1 is 1.25 bits per heavy atom. The number of carbonyl (C=O) groups excluding carboxylic acids is 2. The van der Waals surface area contributed by atoms with Crippen LogP contribution >= 0.6 is 11.3 Å². The molecule has 1 heterocycles. The van der Waals surface area contributed by atoms with E-state index in [9.17, 15) is 9.59 Å². The van der Waals surface area contributed by atoms with Gasteiger partial charge in [-0.25, -0.2) is 9.78 Å². The third kappa shape index (κ3) is 4.55. The number of rotatable bonds is 4. The predicted molar refractivity (Wildman–Crippen MR) is 94.1 cm³/mol. The minimum Gasteiger partial charge on any atom is -0.481 e. The van der Waals surface area contributed by atoms with Crippen molar-refractivity contribution in [1.29, 1.82) is 0 Å². The van der Waals surface area contributed by atoms with Crippen molar-refractivity contribution in [2.75, 3.05) is 0 Å². The maximum Gasteiger partial charge on any atom is 0.318 e. The van der Waals surface area contributed by atoms with E-state index in [2.05, 4.69) is 31.1 Å². The van der Waals surface area contributed by atoms with Crippen LogP contribution < -0.4 is 15.8 Å². The van der Waals surface area contributed by atoms with Crippen LogP contribution in [0, 0.1) is 0 Å². The molecule has 1 atom stereocenters. The number of primary amides is 1. The number of amides is 3. The first-order valence-electron chi connectivity index (χ1n) is 7.50. The maximum absolute atomic E-state index is 11.6. The van der Waals surface area contributed by atoms with Crippen LogP contribution in [-0.2, 0) is 10.2 Å². The Kier molecular flexibility index (Phi) is 5.23. The van der Waals surface area contributed by atoms with Crippen LogP contribution in [0.4, 0.5) is 4.79 Å². The molecule has 0 unspecified atom stereocenters. The SMILES string of the molecule is C[C@H](Oc1ccc(-c2nc(C(C)(C)C)cs2)cc1)C(=O)NC(N)=O. The Morgan fingerprint density at radius 3 is 2.38 bits per heavy atom. The third-order valence-corrected chi connectivity index (χ3v) is 4.19. The van der Waals surface area contributed by atoms with Crippen molar-refractivity contribution in [3.63, 3.8) is 0 Å². The molecule has 3 N–H and O–H groups in total. The molecule has 0 saturated heterocycles. The van der Waals surface area contributed by atoms with Gasteiger partial charge in [0.2, 0.25) is 0 Å². The van der Waals surface area contributed by atoms with E-state index in [1.807, 2.05) is 17.4 Å². The van der Waals surface area contributed by atoms with E-state index >= 15 is 0 Å². The topological polar surface area (TPSA) is 94.3 Å². The van der Waals surface area contributed by atoms with Crippen molar-refractivity contribution in [2.24, 2.45) is 5.73 Å². The molecule has 0 aliphatic carbocycles. The Hall–Kier alpha value is -2.41. The van der Waals surface area contributed by atoms with Gasteiger partial charge in [-0.05, 0) is 31.2 Å². The summed E-state index contributed by atoms with van der Waals surface area (Å²) in [6.07, 6.45) is -0.823. The van der Waals surface area contributed by atoms with Gasteiger partial charge < -0.3 is 10.5 Å². The summed E-state index contributed by atoms with van der Waals surface area (Å²) in [5, 5.41) is 4.99. The second kappa shape index (κ2) is 7.00. The Bertz CT molecular complexity index is 732. The van der Waals surface area contributed by atoms with Crippen LogP contribution in [0.2, 0.25) is 0 Å². The highest BCUT2D eigenvalue weighted by molar-refractivity contribution is 7.13. The number of carbonyl (C=O) groups is 2. The first-order valence-corrected chi connectivity index (χ1v) is 8.38. The van der Waals surface area contributed by atoms with Crippen molar-refractivity contribution in [3.05, 3.63) is 35.3 Å². The molecule has 0 spiro atoms. The number of nitrogens with one attached hydrogen (secondary N) is 1. The summed E-state index contributed by atoms with van der Waals surface area (Å²) < 4.78 is 5.49. The first kappa shape index (κ1) is 17.9. The smallest absolute Gasteiger partial charge is 0.318 e. The van der Waals surface area contributed by atoms with E-state index in [-0.39, 0.29) is 5.41 Å². The highest BCUT2D eigenvalue weighted by Crippen LogP contribution is 2.30. The fourth-order valence-corrected chi connectivity index (χ4v) is 2.96. The number of hydrogen-bond donors (Lipinski definition) is 2. The predicted octanol–water partition coefficient (Wildman–Crippen LogP) is 3.07. The lowest BCUT2D eigenvalue weighted by atomic mass is 9.93. The van der Waals surface area contributed by atoms with Crippen molar-refractivity contribution >= 4 is 23.3 Å². The van der Waals surface area contributed by atoms with Gasteiger partial charge >= 0.3 is 6.03 Å². The number of ether oxygens (including phenoxy) is 1. The average Bonchev–Trinajstić information content (AvgIpc) is 2.97. The summed E-state index contributed by atoms with van der Waals surface area (Å²) in [7, 11) is 0. The Morgan fingerprint density at radius 2 is 1.88 bits per heavy atom. The van der Waals surface area contributed by atoms with Gasteiger partial charge in [-0.2, -0.15) is 0 Å². The lowest BCUT2D eigenvalue weighted by Gasteiger charge is -2.14. The molecule has 0 saturated carbocycles. The molecule has 24 heavy (non-hydrogen) atoms. The van der Waals surface area contributed by atoms with Crippen LogP contribution in [-0.4, -0.2) is 23.0 Å². The van der Waals surface area contributed by atoms with Crippen molar-refractivity contribution in [3.8, 4) is 16.3 Å². The van der Waals surface area contributed by atoms with E-state index in [0.29, 0.717) is 5.75 Å². The molecule has 1 aromatic heterocycles. The van der Waals surface area contributed by atoms with Gasteiger partial charge in [-0.15, -0.1) is 11.3 Å². The van der Waals surface area contributed by atoms with Crippen LogP contribution in [0.3, 0.4) is 0 Å². The van der Waals surface area contributed by atoms with Crippen LogP contribution in [0.15, 0.2) is 29.6 Å². The number of thiazole rings is 1. The molecule has 1 aromatic carbocycles. The standard InChI is InChI=1S/C17H21N3O3S/c1-10(14(21)20-16(18)22)23-12-7-5-11(6-8-12)15-19-13(9-24-15)17(2,3)4/h5-10H,1-4H3,(H3,18,20,21,22)/t10-/m0/s1. The summed E-state index contributed by atoms with van der Waals surface area (Å²) in [5.41, 5.74) is 6.96. The fourth-order valence-electron chi connectivity index (χ4n) is 1.91. The van der Waals surface area contributed by atoms with Gasteiger partial charge in [-0.1, -0.05) is 20.8 Å². The van der Waals surface area contributed by atoms with E-state index in [0.717, 1.165) is 16.3 Å². The second-order valence-electron chi connectivity index (χ2n) is 6.43. The molecule has 7 heteroatoms. The quantitative estimate of drug-likeness (QED) is 0.888. The van der Waals surface area contributed by atoms with Crippen LogP contribution in [0.1, 0.15) is 33.4 Å². The molecular weight excluding hydrogens is 326 g/mol. The van der Waals surface area contributed by atoms with Gasteiger partial charge in [0.15, 0.2) is 6.10 Å². The van der Waals surface area contributed by atoms with Gasteiger partial charge in [0, 0.05) is 16.4 Å². The van der Waals surface area contributed by atoms with Gasteiger partial charge in [0.1, 0.15) is 10.8 Å². The molecule has 0 aliphatic heterocycles. The van der Waals surface area contributed by atoms with Crippen molar-refractivity contribution in [1.82, 2.24) is 10.3 Å². The van der Waals surface area contributed by atoms with Gasteiger partial charge in [-0.3, -0.25) is 10.1 Å². The molecule has 0 fully saturated rings. The monoisotopic (exact) mass is 347 g/mol. The molecule has 0 bridgehead atoms. The Balaban J connectivity index is 2.07. The molecule has 0 radical (unpaired) electrons. The van der Waals surface area contributed by atoms with Crippen LogP contribution in [0.5, 0.6) is 5.75 Å². The zero-order chi connectivity index (χ0) is 17.9. The average molecular weight is 347 g/mol. The highest BCUT2D eigenvalue weighted by atomic mass is 32.1. The molecule has 0 aliphatic rings. The van der Waals surface area contributed by atoms with Gasteiger partial charge in [0.05, 0.1) is 5.69 Å². The molecule has 128 valence electrons. The first-order chi connectivity index (χ1) is 11.2. The minimum absolute atomic E-state index is 0.0149. The van der Waals surface area contributed by atoms with Crippen LogP contribution in [0.25, 0.3) is 10.6 Å². The molecule has 3 amide bonds. The molecule has 2 aromatic rings. The third-order valence-electron chi connectivity index (χ3n) is 3.30. The normalized spacial score (nSPS) is 12.5. The van der Waals surface area contributed by atoms with E-state index in [1.165, 1.54) is 0 Å². The fraction of sp³-hybridized carbons (Fsp3) is 0.353. The maximum atomic E-state index is 11.6. The lowest BCUT2D eigenvalue weighted by molar-refractivity contribution is -0.126. The van der Waals surface area contributed by atoms with E-state index < -0.39 is 18.0 Å². The number of benzene rings is 1. The summed E-state index contributed by atoms with van der Waals surface area (Å²) in [6, 6.07) is 6.41. The lowest BCUT2D eigenvalue weighted by Crippen LogP contribution is -2.42. The van der Waals surface area contributed by atoms with Crippen molar-refractivity contribution < 1.29 is 14.3 Å². The molecule has 6 nitrogen and oxygen atoms in total. The van der Waals surface area contributed by atoms with Crippen molar-refractivity contribution in [2.45, 2.75) is 39.2 Å². The number of nitrogens with two attached hydrogens (primary N) is 1. The summed E-state index contributed by atoms with van der Waals surface area (Å²) in [6.45, 7) is 7.92. The zero-order valence-electron chi connectivity index (χ0n) is 14.1. The number of urea groups is 1. The second-order valence-corrected chi connectivity index (χ2v) is 7.28. The summed E-state index contributed by atoms with van der Waals surface area (Å²) >= 11 is 1.59.